The van der Waals surface area contributed by atoms with E-state index in [9.17, 15) is 4.79 Å². The fourth-order valence-electron chi connectivity index (χ4n) is 4.56. The van der Waals surface area contributed by atoms with Crippen molar-refractivity contribution in [3.8, 4) is 0 Å². The maximum absolute atomic E-state index is 12.6. The second-order valence-electron chi connectivity index (χ2n) is 7.46. The summed E-state index contributed by atoms with van der Waals surface area (Å²) in [6.07, 6.45) is 5.45. The van der Waals surface area contributed by atoms with E-state index in [1.54, 1.807) is 0 Å². The summed E-state index contributed by atoms with van der Waals surface area (Å²) in [5, 5.41) is 3.92. The van der Waals surface area contributed by atoms with Gasteiger partial charge in [-0.2, -0.15) is 0 Å². The Morgan fingerprint density at radius 1 is 1.29 bits per heavy atom. The smallest absolute Gasteiger partial charge is 0.233 e. The number of hydrogen-bond acceptors (Lipinski definition) is 3. The van der Waals surface area contributed by atoms with Crippen LogP contribution in [0.4, 0.5) is 0 Å². The van der Waals surface area contributed by atoms with E-state index in [2.05, 4.69) is 22.2 Å². The van der Waals surface area contributed by atoms with E-state index >= 15 is 0 Å². The van der Waals surface area contributed by atoms with Crippen molar-refractivity contribution >= 4 is 28.7 Å². The molecule has 2 aliphatic carbocycles. The number of carbonyl (C=O) groups is 1. The van der Waals surface area contributed by atoms with Crippen molar-refractivity contribution in [1.29, 1.82) is 0 Å². The van der Waals surface area contributed by atoms with Crippen LogP contribution in [-0.2, 0) is 4.79 Å². The van der Waals surface area contributed by atoms with Crippen LogP contribution in [0.25, 0.3) is 11.0 Å². The van der Waals surface area contributed by atoms with Gasteiger partial charge >= 0.3 is 0 Å². The molecule has 2 aromatic rings. The number of amides is 1. The third kappa shape index (κ3) is 3.06. The highest BCUT2D eigenvalue weighted by molar-refractivity contribution is 8.00. The van der Waals surface area contributed by atoms with Gasteiger partial charge in [0.15, 0.2) is 5.16 Å². The lowest BCUT2D eigenvalue weighted by molar-refractivity contribution is -0.121. The first-order valence-electron chi connectivity index (χ1n) is 9.02. The number of nitrogens with zero attached hydrogens (tertiary/aromatic N) is 1. The number of rotatable bonds is 5. The van der Waals surface area contributed by atoms with Gasteiger partial charge in [0, 0.05) is 6.04 Å². The van der Waals surface area contributed by atoms with Crippen molar-refractivity contribution < 1.29 is 4.79 Å². The Kier molecular flexibility index (Phi) is 4.29. The molecule has 0 aliphatic heterocycles. The van der Waals surface area contributed by atoms with Gasteiger partial charge in [-0.15, -0.1) is 0 Å². The topological polar surface area (TPSA) is 57.8 Å². The number of fused-ring (bicyclic) bond motifs is 3. The van der Waals surface area contributed by atoms with Gasteiger partial charge < -0.3 is 10.3 Å². The van der Waals surface area contributed by atoms with Gasteiger partial charge in [0.1, 0.15) is 0 Å². The summed E-state index contributed by atoms with van der Waals surface area (Å²) in [7, 11) is 0. The average Bonchev–Trinajstić information content (AvgIpc) is 3.28. The summed E-state index contributed by atoms with van der Waals surface area (Å²) in [6.45, 7) is 4.14. The van der Waals surface area contributed by atoms with Gasteiger partial charge in [0.05, 0.1) is 16.3 Å². The molecule has 2 saturated carbocycles. The number of thioether (sulfide) groups is 1. The first-order valence-corrected chi connectivity index (χ1v) is 9.90. The van der Waals surface area contributed by atoms with Crippen molar-refractivity contribution in [3.05, 3.63) is 24.3 Å². The van der Waals surface area contributed by atoms with Crippen LogP contribution >= 0.6 is 11.8 Å². The molecular formula is C19H25N3OS. The summed E-state index contributed by atoms with van der Waals surface area (Å²) in [5.74, 6) is 2.55. The number of para-hydroxylation sites is 2. The standard InChI is InChI=1S/C19H25N3OS/c1-11(15-10-13-7-8-14(15)9-13)20-18(23)12(2)24-19-21-16-5-3-4-6-17(16)22-19/h3-6,11-15H,7-10H2,1-2H3,(H,20,23)(H,21,22)/t11-,12-,13-,14-,15+/m0/s1. The quantitative estimate of drug-likeness (QED) is 0.807. The third-order valence-electron chi connectivity index (χ3n) is 5.83. The number of carbonyl (C=O) groups excluding carboxylic acids is 1. The highest BCUT2D eigenvalue weighted by atomic mass is 32.2. The molecular weight excluding hydrogens is 318 g/mol. The molecule has 0 saturated heterocycles. The normalized spacial score (nSPS) is 28.2. The van der Waals surface area contributed by atoms with Crippen LogP contribution in [0, 0.1) is 17.8 Å². The zero-order valence-electron chi connectivity index (χ0n) is 14.3. The maximum Gasteiger partial charge on any atom is 0.233 e. The maximum atomic E-state index is 12.6. The van der Waals surface area contributed by atoms with E-state index < -0.39 is 0 Å². The van der Waals surface area contributed by atoms with Gasteiger partial charge in [0.2, 0.25) is 5.91 Å². The Morgan fingerprint density at radius 3 is 2.83 bits per heavy atom. The van der Waals surface area contributed by atoms with Crippen LogP contribution in [0.3, 0.4) is 0 Å². The van der Waals surface area contributed by atoms with E-state index in [0.717, 1.165) is 28.0 Å². The first-order chi connectivity index (χ1) is 11.6. The Balaban J connectivity index is 1.35. The molecule has 5 atom stereocenters. The number of imidazole rings is 1. The number of benzene rings is 1. The second kappa shape index (κ2) is 6.43. The van der Waals surface area contributed by atoms with E-state index in [1.165, 1.54) is 37.4 Å². The summed E-state index contributed by atoms with van der Waals surface area (Å²) in [6, 6.07) is 8.24. The predicted octanol–water partition coefficient (Wildman–Crippen LogP) is 3.98. The molecule has 2 fully saturated rings. The minimum atomic E-state index is -0.147. The molecule has 24 heavy (non-hydrogen) atoms. The minimum Gasteiger partial charge on any atom is -0.352 e. The molecule has 1 aromatic heterocycles. The highest BCUT2D eigenvalue weighted by Gasteiger charge is 2.42. The molecule has 0 spiro atoms. The average molecular weight is 343 g/mol. The zero-order chi connectivity index (χ0) is 16.7. The molecule has 4 nitrogen and oxygen atoms in total. The molecule has 4 rings (SSSR count). The predicted molar refractivity (Wildman–Crippen MR) is 98.0 cm³/mol. The molecule has 2 bridgehead atoms. The van der Waals surface area contributed by atoms with Crippen LogP contribution in [0.1, 0.15) is 39.5 Å². The van der Waals surface area contributed by atoms with Gasteiger partial charge in [-0.05, 0) is 63.0 Å². The number of aromatic amines is 1. The van der Waals surface area contributed by atoms with E-state index in [-0.39, 0.29) is 17.2 Å². The molecule has 0 unspecified atom stereocenters. The molecule has 2 aliphatic rings. The zero-order valence-corrected chi connectivity index (χ0v) is 15.1. The molecule has 2 N–H and O–H groups in total. The summed E-state index contributed by atoms with van der Waals surface area (Å²) in [4.78, 5) is 20.4. The van der Waals surface area contributed by atoms with Gasteiger partial charge in [-0.1, -0.05) is 30.3 Å². The summed E-state index contributed by atoms with van der Waals surface area (Å²) < 4.78 is 0. The highest BCUT2D eigenvalue weighted by Crippen LogP contribution is 2.49. The number of nitrogens with one attached hydrogen (secondary N) is 2. The van der Waals surface area contributed by atoms with E-state index in [1.807, 2.05) is 31.2 Å². The van der Waals surface area contributed by atoms with Gasteiger partial charge in [-0.25, -0.2) is 4.98 Å². The lowest BCUT2D eigenvalue weighted by Gasteiger charge is -2.29. The molecule has 1 heterocycles. The van der Waals surface area contributed by atoms with Crippen LogP contribution in [0.15, 0.2) is 29.4 Å². The lowest BCUT2D eigenvalue weighted by atomic mass is 9.84. The SMILES string of the molecule is C[C@H](Sc1nc2ccccc2[nH]1)C(=O)N[C@@H](C)[C@H]1C[C@H]2CC[C@H]1C2. The van der Waals surface area contributed by atoms with Crippen LogP contribution < -0.4 is 5.32 Å². The minimum absolute atomic E-state index is 0.121. The molecule has 0 radical (unpaired) electrons. The first kappa shape index (κ1) is 16.0. The lowest BCUT2D eigenvalue weighted by Crippen LogP contribution is -2.43. The van der Waals surface area contributed by atoms with Crippen molar-refractivity contribution in [3.63, 3.8) is 0 Å². The van der Waals surface area contributed by atoms with E-state index in [4.69, 9.17) is 0 Å². The van der Waals surface area contributed by atoms with Crippen molar-refractivity contribution in [1.82, 2.24) is 15.3 Å². The number of hydrogen-bond donors (Lipinski definition) is 2. The fourth-order valence-corrected chi connectivity index (χ4v) is 5.39. The summed E-state index contributed by atoms with van der Waals surface area (Å²) in [5.41, 5.74) is 1.96. The number of aromatic nitrogens is 2. The Morgan fingerprint density at radius 2 is 2.12 bits per heavy atom. The molecule has 1 aromatic carbocycles. The largest absolute Gasteiger partial charge is 0.352 e. The Bertz CT molecular complexity index is 710. The fraction of sp³-hybridized carbons (Fsp3) is 0.579. The van der Waals surface area contributed by atoms with Crippen LogP contribution in [0.2, 0.25) is 0 Å². The molecule has 128 valence electrons. The molecule has 1 amide bonds. The van der Waals surface area contributed by atoms with Gasteiger partial charge in [-0.3, -0.25) is 4.79 Å². The second-order valence-corrected chi connectivity index (χ2v) is 8.78. The third-order valence-corrected chi connectivity index (χ3v) is 6.81. The molecule has 5 heteroatoms. The Hall–Kier alpha value is -1.49. The number of H-pyrrole nitrogens is 1. The van der Waals surface area contributed by atoms with Gasteiger partial charge in [0.25, 0.3) is 0 Å². The van der Waals surface area contributed by atoms with Crippen LogP contribution in [-0.4, -0.2) is 27.2 Å². The monoisotopic (exact) mass is 343 g/mol. The van der Waals surface area contributed by atoms with Crippen LogP contribution in [0.5, 0.6) is 0 Å². The van der Waals surface area contributed by atoms with Crippen molar-refractivity contribution in [2.45, 2.75) is 56.0 Å². The summed E-state index contributed by atoms with van der Waals surface area (Å²) >= 11 is 1.50. The van der Waals surface area contributed by atoms with Crippen molar-refractivity contribution in [2.75, 3.05) is 0 Å². The Labute approximate surface area is 147 Å². The van der Waals surface area contributed by atoms with Crippen molar-refractivity contribution in [2.24, 2.45) is 17.8 Å². The van der Waals surface area contributed by atoms with E-state index in [0.29, 0.717) is 5.92 Å².